The summed E-state index contributed by atoms with van der Waals surface area (Å²) in [5.41, 5.74) is 4.73. The summed E-state index contributed by atoms with van der Waals surface area (Å²) in [6, 6.07) is 9.14. The predicted molar refractivity (Wildman–Crippen MR) is 183 cm³/mol. The maximum atomic E-state index is 13.8. The number of aliphatic hydroxyl groups is 1. The second-order valence-corrected chi connectivity index (χ2v) is 15.7. The fourth-order valence-corrected chi connectivity index (χ4v) is 7.98. The number of aliphatic hydroxyl groups excluding tert-OH is 1. The van der Waals surface area contributed by atoms with Gasteiger partial charge in [-0.2, -0.15) is 0 Å². The Morgan fingerprint density at radius 2 is 1.85 bits per heavy atom. The highest BCUT2D eigenvalue weighted by Gasteiger charge is 2.31. The summed E-state index contributed by atoms with van der Waals surface area (Å²) in [6.45, 7) is 9.76. The number of nitrogens with zero attached hydrogens (tertiary/aromatic N) is 4. The number of hydrogen-bond acceptors (Lipinski definition) is 8. The lowest BCUT2D eigenvalue weighted by atomic mass is 9.71. The number of nitrogens with one attached hydrogen (secondary N) is 2. The minimum atomic E-state index is -0.346. The molecule has 2 saturated heterocycles. The molecule has 0 radical (unpaired) electrons. The van der Waals surface area contributed by atoms with Gasteiger partial charge in [0.2, 0.25) is 5.91 Å². The zero-order valence-electron chi connectivity index (χ0n) is 28.1. The highest BCUT2D eigenvalue weighted by atomic mass is 32.1. The third-order valence-corrected chi connectivity index (χ3v) is 11.2. The largest absolute Gasteiger partial charge is 0.393 e. The predicted octanol–water partition coefficient (Wildman–Crippen LogP) is 4.51. The fourth-order valence-electron chi connectivity index (χ4n) is 7.14. The van der Waals surface area contributed by atoms with Crippen molar-refractivity contribution in [2.75, 3.05) is 33.2 Å². The van der Waals surface area contributed by atoms with Crippen LogP contribution in [0.4, 0.5) is 0 Å². The highest BCUT2D eigenvalue weighted by molar-refractivity contribution is 7.19. The number of likely N-dealkylation sites (tertiary alicyclic amines) is 2. The van der Waals surface area contributed by atoms with E-state index in [0.29, 0.717) is 42.3 Å². The van der Waals surface area contributed by atoms with Crippen molar-refractivity contribution in [1.29, 1.82) is 0 Å². The fraction of sp³-hybridized carbons (Fsp3) is 0.583. The van der Waals surface area contributed by atoms with Crippen molar-refractivity contribution in [3.8, 4) is 0 Å². The average Bonchev–Trinajstić information content (AvgIpc) is 3.46. The van der Waals surface area contributed by atoms with E-state index in [1.165, 1.54) is 16.9 Å². The number of pyridine rings is 1. The van der Waals surface area contributed by atoms with Gasteiger partial charge in [0, 0.05) is 56.9 Å². The standard InChI is InChI=1S/C36H48N6O4S/c1-36(2,3)25-8-10-28-24(19-25)20-30-34(39-28)47-35(40-30)33(46)38-29(14-17-42-15-12-27(43)13-16-42)22-6-5-7-23(18-22)32(45)37-26-9-11-31(44)41(4)21-26/h5-7,18,20,25-27,29,43H,8-17,19,21H2,1-4H3,(H,37,45)(H,38,46)/t25-,26?,29?/m0/s1. The second-order valence-electron chi connectivity index (χ2n) is 14.7. The van der Waals surface area contributed by atoms with E-state index in [1.807, 2.05) is 18.2 Å². The van der Waals surface area contributed by atoms with Crippen LogP contribution in [0.5, 0.6) is 0 Å². The number of thiazole rings is 1. The van der Waals surface area contributed by atoms with Gasteiger partial charge in [0.15, 0.2) is 5.01 Å². The summed E-state index contributed by atoms with van der Waals surface area (Å²) < 4.78 is 0. The Kier molecular flexibility index (Phi) is 9.96. The zero-order valence-corrected chi connectivity index (χ0v) is 28.9. The van der Waals surface area contributed by atoms with Crippen LogP contribution in [0, 0.1) is 11.3 Å². The van der Waals surface area contributed by atoms with E-state index >= 15 is 0 Å². The van der Waals surface area contributed by atoms with Crippen LogP contribution in [0.25, 0.3) is 10.3 Å². The molecule has 3 aliphatic rings. The molecule has 0 saturated carbocycles. The first-order chi connectivity index (χ1) is 22.4. The number of rotatable bonds is 8. The molecule has 0 spiro atoms. The van der Waals surface area contributed by atoms with Gasteiger partial charge >= 0.3 is 0 Å². The van der Waals surface area contributed by atoms with Gasteiger partial charge in [-0.25, -0.2) is 9.97 Å². The van der Waals surface area contributed by atoms with Crippen molar-refractivity contribution >= 4 is 39.4 Å². The first kappa shape index (κ1) is 33.5. The van der Waals surface area contributed by atoms with Crippen LogP contribution in [0.15, 0.2) is 30.3 Å². The molecular weight excluding hydrogens is 613 g/mol. The van der Waals surface area contributed by atoms with Gasteiger partial charge in [-0.3, -0.25) is 14.4 Å². The second kappa shape index (κ2) is 14.0. The molecule has 4 heterocycles. The van der Waals surface area contributed by atoms with Crippen LogP contribution >= 0.6 is 11.3 Å². The molecule has 2 fully saturated rings. The van der Waals surface area contributed by atoms with E-state index in [-0.39, 0.29) is 41.3 Å². The smallest absolute Gasteiger partial charge is 0.280 e. The Balaban J connectivity index is 1.20. The number of fused-ring (bicyclic) bond motifs is 2. The summed E-state index contributed by atoms with van der Waals surface area (Å²) in [5, 5.41) is 16.7. The molecule has 1 aliphatic carbocycles. The van der Waals surface area contributed by atoms with Crippen LogP contribution < -0.4 is 10.6 Å². The molecule has 2 unspecified atom stereocenters. The van der Waals surface area contributed by atoms with E-state index < -0.39 is 0 Å². The topological polar surface area (TPSA) is 128 Å². The number of hydrogen-bond donors (Lipinski definition) is 3. The van der Waals surface area contributed by atoms with Gasteiger partial charge in [-0.15, -0.1) is 0 Å². The molecule has 3 aromatic rings. The Labute approximate surface area is 281 Å². The number of carbonyl (C=O) groups excluding carboxylic acids is 3. The van der Waals surface area contributed by atoms with Crippen molar-refractivity contribution < 1.29 is 19.5 Å². The number of carbonyl (C=O) groups is 3. The summed E-state index contributed by atoms with van der Waals surface area (Å²) in [5.74, 6) is 0.245. The van der Waals surface area contributed by atoms with Gasteiger partial charge in [-0.05, 0) is 85.6 Å². The summed E-state index contributed by atoms with van der Waals surface area (Å²) in [6.07, 6.45) is 5.97. The molecule has 3 atom stereocenters. The molecule has 2 aromatic heterocycles. The summed E-state index contributed by atoms with van der Waals surface area (Å²) >= 11 is 1.33. The Morgan fingerprint density at radius 3 is 2.60 bits per heavy atom. The van der Waals surface area contributed by atoms with E-state index in [2.05, 4.69) is 42.4 Å². The first-order valence-corrected chi connectivity index (χ1v) is 17.9. The van der Waals surface area contributed by atoms with Crippen molar-refractivity contribution in [2.24, 2.45) is 11.3 Å². The van der Waals surface area contributed by atoms with Crippen LogP contribution in [0.2, 0.25) is 0 Å². The third-order valence-electron chi connectivity index (χ3n) is 10.3. The summed E-state index contributed by atoms with van der Waals surface area (Å²) in [4.78, 5) is 53.5. The minimum Gasteiger partial charge on any atom is -0.393 e. The zero-order chi connectivity index (χ0) is 33.3. The van der Waals surface area contributed by atoms with Gasteiger partial charge in [0.1, 0.15) is 10.3 Å². The molecule has 252 valence electrons. The number of amides is 3. The maximum Gasteiger partial charge on any atom is 0.280 e. The van der Waals surface area contributed by atoms with Crippen LogP contribution in [0.1, 0.15) is 102 Å². The Hall–Kier alpha value is -3.41. The molecule has 1 aromatic carbocycles. The lowest BCUT2D eigenvalue weighted by Gasteiger charge is -2.34. The maximum absolute atomic E-state index is 13.8. The first-order valence-electron chi connectivity index (χ1n) is 17.1. The van der Waals surface area contributed by atoms with Gasteiger partial charge in [-0.1, -0.05) is 44.2 Å². The molecule has 11 heteroatoms. The van der Waals surface area contributed by atoms with Crippen LogP contribution in [-0.2, 0) is 17.6 Å². The molecule has 6 rings (SSSR count). The van der Waals surface area contributed by atoms with Gasteiger partial charge in [0.25, 0.3) is 11.8 Å². The lowest BCUT2D eigenvalue weighted by molar-refractivity contribution is -0.132. The van der Waals surface area contributed by atoms with Crippen LogP contribution in [-0.4, -0.2) is 88.0 Å². The molecule has 2 aliphatic heterocycles. The molecule has 3 N–H and O–H groups in total. The molecular formula is C36H48N6O4S. The quantitative estimate of drug-likeness (QED) is 0.325. The van der Waals surface area contributed by atoms with Gasteiger partial charge in [0.05, 0.1) is 12.1 Å². The van der Waals surface area contributed by atoms with E-state index in [9.17, 15) is 19.5 Å². The lowest BCUT2D eigenvalue weighted by Crippen LogP contribution is -2.48. The van der Waals surface area contributed by atoms with Crippen LogP contribution in [0.3, 0.4) is 0 Å². The minimum absolute atomic E-state index is 0.0944. The number of aromatic nitrogens is 2. The number of aryl methyl sites for hydroxylation is 1. The van der Waals surface area contributed by atoms with Crippen molar-refractivity contribution in [3.05, 3.63) is 57.7 Å². The monoisotopic (exact) mass is 660 g/mol. The SMILES string of the molecule is CN1CC(NC(=O)c2cccc(C(CCN3CCC(O)CC3)NC(=O)c3nc4cc5c(nc4s3)CC[C@H](C(C)(C)C)C5)c2)CCC1=O. The third kappa shape index (κ3) is 8.01. The number of benzene rings is 1. The molecule has 0 bridgehead atoms. The number of piperidine rings is 2. The summed E-state index contributed by atoms with van der Waals surface area (Å²) in [7, 11) is 1.76. The van der Waals surface area contributed by atoms with Gasteiger partial charge < -0.3 is 25.5 Å². The molecule has 47 heavy (non-hydrogen) atoms. The van der Waals surface area contributed by atoms with Crippen molar-refractivity contribution in [3.63, 3.8) is 0 Å². The Bertz CT molecular complexity index is 1630. The van der Waals surface area contributed by atoms with E-state index in [4.69, 9.17) is 9.97 Å². The number of likely N-dealkylation sites (N-methyl/N-ethyl adjacent to an activating group) is 1. The molecule has 10 nitrogen and oxygen atoms in total. The van der Waals surface area contributed by atoms with Crippen molar-refractivity contribution in [1.82, 2.24) is 30.4 Å². The highest BCUT2D eigenvalue weighted by Crippen LogP contribution is 2.38. The van der Waals surface area contributed by atoms with E-state index in [1.54, 1.807) is 18.0 Å². The van der Waals surface area contributed by atoms with Crippen molar-refractivity contribution in [2.45, 2.75) is 90.3 Å². The Morgan fingerprint density at radius 1 is 1.06 bits per heavy atom. The molecule has 3 amide bonds. The average molecular weight is 661 g/mol. The normalized spacial score (nSPS) is 21.8. The van der Waals surface area contributed by atoms with E-state index in [0.717, 1.165) is 73.3 Å².